The van der Waals surface area contributed by atoms with E-state index in [1.807, 2.05) is 6.08 Å². The molecule has 9 N–H and O–H groups in total. The molecule has 14 heteroatoms. The van der Waals surface area contributed by atoms with Crippen molar-refractivity contribution in [1.29, 1.82) is 0 Å². The molecule has 12 unspecified atom stereocenters. The zero-order valence-corrected chi connectivity index (χ0v) is 49.0. The van der Waals surface area contributed by atoms with E-state index in [-0.39, 0.29) is 18.9 Å². The molecule has 2 rings (SSSR count). The van der Waals surface area contributed by atoms with Crippen molar-refractivity contribution in [3.63, 3.8) is 0 Å². The van der Waals surface area contributed by atoms with Gasteiger partial charge >= 0.3 is 0 Å². The van der Waals surface area contributed by atoms with Gasteiger partial charge in [-0.1, -0.05) is 263 Å². The van der Waals surface area contributed by atoms with Crippen LogP contribution in [0.25, 0.3) is 0 Å². The quantitative estimate of drug-likeness (QED) is 0.0204. The van der Waals surface area contributed by atoms with Crippen molar-refractivity contribution in [2.24, 2.45) is 0 Å². The van der Waals surface area contributed by atoms with Gasteiger partial charge in [0.15, 0.2) is 12.6 Å². The van der Waals surface area contributed by atoms with Crippen LogP contribution in [0, 0.1) is 0 Å². The fraction of sp³-hybridized carbons (Fsp3) is 0.921. The first-order chi connectivity index (χ1) is 37.6. The van der Waals surface area contributed by atoms with E-state index in [0.717, 1.165) is 32.1 Å². The lowest BCUT2D eigenvalue weighted by Gasteiger charge is -2.46. The molecule has 12 atom stereocenters. The molecular weight excluding hydrogens is 979 g/mol. The Morgan fingerprint density at radius 1 is 0.455 bits per heavy atom. The average Bonchev–Trinajstić information content (AvgIpc) is 3.43. The van der Waals surface area contributed by atoms with Crippen molar-refractivity contribution in [2.45, 2.75) is 351 Å². The molecule has 1 amide bonds. The molecule has 2 aliphatic heterocycles. The standard InChI is InChI=1S/C63H119NO13/c1-3-5-7-9-11-13-15-16-17-18-19-20-21-22-23-24-25-26-27-28-29-30-31-32-33-34-35-37-38-40-42-44-46-52(67)51(64-55(68)47-45-43-41-39-36-14-12-10-8-6-4-2)50-74-62-60(73)58(71)61(54(49-66)76-62)77-63-59(72)57(70)56(69)53(48-65)75-63/h37-38,44,46,51-54,56-63,65-67,69-73H,3-36,39-43,45,47-50H2,1-2H3,(H,64,68)/b38-37+,46-44+. The number of allylic oxidation sites excluding steroid dienone is 3. The third kappa shape index (κ3) is 34.5. The molecule has 2 fully saturated rings. The van der Waals surface area contributed by atoms with E-state index >= 15 is 0 Å². The van der Waals surface area contributed by atoms with E-state index in [9.17, 15) is 45.6 Å². The van der Waals surface area contributed by atoms with Gasteiger partial charge in [-0.25, -0.2) is 0 Å². The van der Waals surface area contributed by atoms with Crippen LogP contribution in [-0.2, 0) is 23.7 Å². The lowest BCUT2D eigenvalue weighted by atomic mass is 9.97. The van der Waals surface area contributed by atoms with Crippen LogP contribution in [0.15, 0.2) is 24.3 Å². The maximum atomic E-state index is 13.2. The van der Waals surface area contributed by atoms with Crippen molar-refractivity contribution >= 4 is 5.91 Å². The number of rotatable bonds is 52. The first-order valence-corrected chi connectivity index (χ1v) is 32.1. The molecule has 0 saturated carbocycles. The normalized spacial score (nSPS) is 24.8. The van der Waals surface area contributed by atoms with Crippen molar-refractivity contribution in [3.8, 4) is 0 Å². The van der Waals surface area contributed by atoms with E-state index in [4.69, 9.17) is 18.9 Å². The number of carbonyl (C=O) groups is 1. The Kier molecular flexibility index (Phi) is 45.7. The highest BCUT2D eigenvalue weighted by molar-refractivity contribution is 5.76. The van der Waals surface area contributed by atoms with Gasteiger partial charge < -0.3 is 65.1 Å². The smallest absolute Gasteiger partial charge is 0.220 e. The summed E-state index contributed by atoms with van der Waals surface area (Å²) in [6.07, 6.45) is 42.6. The topological polar surface area (TPSA) is 228 Å². The van der Waals surface area contributed by atoms with Crippen LogP contribution in [0.5, 0.6) is 0 Å². The van der Waals surface area contributed by atoms with Gasteiger partial charge in [0.1, 0.15) is 48.8 Å². The highest BCUT2D eigenvalue weighted by atomic mass is 16.7. The zero-order valence-electron chi connectivity index (χ0n) is 49.0. The Morgan fingerprint density at radius 3 is 1.27 bits per heavy atom. The second-order valence-corrected chi connectivity index (χ2v) is 22.9. The maximum Gasteiger partial charge on any atom is 0.220 e. The number of aliphatic hydroxyl groups excluding tert-OH is 8. The first-order valence-electron chi connectivity index (χ1n) is 32.1. The Labute approximate surface area is 468 Å². The monoisotopic (exact) mass is 1100 g/mol. The number of ether oxygens (including phenoxy) is 4. The molecule has 454 valence electrons. The minimum Gasteiger partial charge on any atom is -0.394 e. The number of carbonyl (C=O) groups excluding carboxylic acids is 1. The van der Waals surface area contributed by atoms with Gasteiger partial charge in [0.25, 0.3) is 0 Å². The Bertz CT molecular complexity index is 1390. The molecule has 0 spiro atoms. The number of unbranched alkanes of at least 4 members (excludes halogenated alkanes) is 37. The third-order valence-electron chi connectivity index (χ3n) is 15.9. The molecule has 2 saturated heterocycles. The Hall–Kier alpha value is -1.53. The predicted molar refractivity (Wildman–Crippen MR) is 309 cm³/mol. The van der Waals surface area contributed by atoms with Gasteiger partial charge in [0, 0.05) is 6.42 Å². The molecule has 0 aliphatic carbocycles. The van der Waals surface area contributed by atoms with E-state index in [2.05, 4.69) is 31.3 Å². The van der Waals surface area contributed by atoms with Crippen molar-refractivity contribution in [2.75, 3.05) is 19.8 Å². The van der Waals surface area contributed by atoms with Crippen LogP contribution in [0.3, 0.4) is 0 Å². The molecule has 2 heterocycles. The van der Waals surface area contributed by atoms with Gasteiger partial charge in [-0.15, -0.1) is 0 Å². The number of aliphatic hydroxyl groups is 8. The van der Waals surface area contributed by atoms with E-state index in [0.29, 0.717) is 12.8 Å². The molecular formula is C63H119NO13. The van der Waals surface area contributed by atoms with Gasteiger partial charge in [0.2, 0.25) is 5.91 Å². The van der Waals surface area contributed by atoms with Crippen LogP contribution < -0.4 is 5.32 Å². The minimum atomic E-state index is -1.79. The summed E-state index contributed by atoms with van der Waals surface area (Å²) in [5.74, 6) is -0.248. The van der Waals surface area contributed by atoms with Crippen LogP contribution in [0.2, 0.25) is 0 Å². The second kappa shape index (κ2) is 49.1. The molecule has 14 nitrogen and oxygen atoms in total. The van der Waals surface area contributed by atoms with Gasteiger partial charge in [0.05, 0.1) is 32.0 Å². The van der Waals surface area contributed by atoms with Gasteiger partial charge in [-0.05, 0) is 32.1 Å². The van der Waals surface area contributed by atoms with Crippen LogP contribution in [0.4, 0.5) is 0 Å². The SMILES string of the molecule is CCCCCCCCCCCCCCCCCCCCCCCCCCCC/C=C/CC/C=C/C(O)C(COC1OC(CO)C(OC2OC(CO)C(O)C(O)C2O)C(O)C1O)NC(=O)CCCCCCCCCCCCC. The maximum absolute atomic E-state index is 13.2. The van der Waals surface area contributed by atoms with E-state index in [1.54, 1.807) is 6.08 Å². The predicted octanol–water partition coefficient (Wildman–Crippen LogP) is 11.6. The minimum absolute atomic E-state index is 0.248. The highest BCUT2D eigenvalue weighted by Gasteiger charge is 2.51. The lowest BCUT2D eigenvalue weighted by Crippen LogP contribution is -2.65. The zero-order chi connectivity index (χ0) is 56.0. The van der Waals surface area contributed by atoms with Gasteiger partial charge in [-0.2, -0.15) is 0 Å². The number of nitrogens with one attached hydrogen (secondary N) is 1. The summed E-state index contributed by atoms with van der Waals surface area (Å²) >= 11 is 0. The second-order valence-electron chi connectivity index (χ2n) is 22.9. The third-order valence-corrected chi connectivity index (χ3v) is 15.9. The van der Waals surface area contributed by atoms with Crippen LogP contribution >= 0.6 is 0 Å². The van der Waals surface area contributed by atoms with Gasteiger partial charge in [-0.3, -0.25) is 4.79 Å². The molecule has 0 aromatic heterocycles. The Balaban J connectivity index is 1.65. The van der Waals surface area contributed by atoms with Crippen LogP contribution in [0.1, 0.15) is 277 Å². The summed E-state index contributed by atoms with van der Waals surface area (Å²) in [6.45, 7) is 2.79. The van der Waals surface area contributed by atoms with Crippen LogP contribution in [-0.4, -0.2) is 140 Å². The van der Waals surface area contributed by atoms with E-state index in [1.165, 1.54) is 212 Å². The summed E-state index contributed by atoms with van der Waals surface area (Å²) in [4.78, 5) is 13.2. The summed E-state index contributed by atoms with van der Waals surface area (Å²) in [6, 6.07) is -0.927. The molecule has 2 aliphatic rings. The van der Waals surface area contributed by atoms with Crippen molar-refractivity contribution in [3.05, 3.63) is 24.3 Å². The van der Waals surface area contributed by atoms with Crippen molar-refractivity contribution in [1.82, 2.24) is 5.32 Å². The summed E-state index contributed by atoms with van der Waals surface area (Å²) in [7, 11) is 0. The summed E-state index contributed by atoms with van der Waals surface area (Å²) < 4.78 is 22.7. The van der Waals surface area contributed by atoms with Crippen molar-refractivity contribution < 1.29 is 64.6 Å². The van der Waals surface area contributed by atoms with E-state index < -0.39 is 86.8 Å². The molecule has 0 bridgehead atoms. The Morgan fingerprint density at radius 2 is 0.831 bits per heavy atom. The molecule has 0 aromatic rings. The number of amides is 1. The fourth-order valence-electron chi connectivity index (χ4n) is 10.7. The molecule has 0 aromatic carbocycles. The summed E-state index contributed by atoms with van der Waals surface area (Å²) in [5, 5.41) is 87.0. The largest absolute Gasteiger partial charge is 0.394 e. The molecule has 77 heavy (non-hydrogen) atoms. The lowest BCUT2D eigenvalue weighted by molar-refractivity contribution is -0.359. The highest BCUT2D eigenvalue weighted by Crippen LogP contribution is 2.30. The fourth-order valence-corrected chi connectivity index (χ4v) is 10.7. The molecule has 0 radical (unpaired) electrons. The number of hydrogen-bond donors (Lipinski definition) is 9. The average molecular weight is 1100 g/mol. The first kappa shape index (κ1) is 71.6. The summed E-state index contributed by atoms with van der Waals surface area (Å²) in [5.41, 5.74) is 0. The number of hydrogen-bond acceptors (Lipinski definition) is 13.